The first kappa shape index (κ1) is 66.0. The molecule has 0 aliphatic heterocycles. The molecule has 400 valence electrons. The van der Waals surface area contributed by atoms with Gasteiger partial charge in [-0.15, -0.1) is 0 Å². The Labute approximate surface area is 425 Å². The van der Waals surface area contributed by atoms with Gasteiger partial charge in [0.05, 0.1) is 40.3 Å². The monoisotopic (exact) mass is 970 g/mol. The van der Waals surface area contributed by atoms with E-state index in [1.165, 1.54) is 141 Å². The fraction of sp³-hybridized carbons (Fsp3) is 0.783. The molecule has 0 aromatic carbocycles. The van der Waals surface area contributed by atoms with Crippen LogP contribution in [0.1, 0.15) is 245 Å². The average molecular weight is 971 g/mol. The number of nitrogens with zero attached hydrogens (tertiary/aromatic N) is 1. The number of unbranched alkanes of at least 4 members (excludes halogenated alkanes) is 27. The van der Waals surface area contributed by atoms with Crippen molar-refractivity contribution >= 4 is 17.9 Å². The van der Waals surface area contributed by atoms with Gasteiger partial charge in [-0.1, -0.05) is 216 Å². The van der Waals surface area contributed by atoms with E-state index in [0.717, 1.165) is 70.6 Å². The van der Waals surface area contributed by atoms with Gasteiger partial charge in [-0.3, -0.25) is 9.59 Å². The van der Waals surface area contributed by atoms with E-state index in [-0.39, 0.29) is 38.6 Å². The van der Waals surface area contributed by atoms with Gasteiger partial charge in [0.2, 0.25) is 0 Å². The number of esters is 2. The fourth-order valence-electron chi connectivity index (χ4n) is 7.88. The first-order chi connectivity index (χ1) is 33.6. The van der Waals surface area contributed by atoms with Gasteiger partial charge in [-0.2, -0.15) is 0 Å². The SMILES string of the molecule is CC/C=C\C/C=C\C/C=C\C/C=C\CCCCCCCCCCC(=O)OC(COC(=O)CCCCCCCCCCCCC/C=C\CCCCCCCCCC)COC(OCC[N+](C)(C)C)C(=O)[O-]. The number of carbonyl (C=O) groups is 3. The number of ether oxygens (including phenoxy) is 4. The third-order valence-electron chi connectivity index (χ3n) is 12.2. The Balaban J connectivity index is 4.27. The molecule has 0 aromatic rings. The van der Waals surface area contributed by atoms with Crippen molar-refractivity contribution in [2.24, 2.45) is 0 Å². The number of carbonyl (C=O) groups excluding carboxylic acids is 3. The summed E-state index contributed by atoms with van der Waals surface area (Å²) in [6.07, 6.45) is 61.2. The zero-order chi connectivity index (χ0) is 50.6. The standard InChI is InChI=1S/C60H107NO8/c1-6-8-10-12-14-16-18-20-22-24-26-28-29-31-32-34-36-38-40-42-44-46-48-50-57(62)67-54-56(55-68-60(59(64)65)66-53-52-61(3,4)5)69-58(63)51-49-47-45-43-41-39-37-35-33-30-27-25-23-21-19-17-15-13-11-9-7-2/h9,11,15,17,21,23-24,26-27,30,56,60H,6-8,10,12-14,16,18-20,22,25,28-29,31-55H2,1-5H3/b11-9-,17-15-,23-21-,26-24-,30-27-. The molecular weight excluding hydrogens is 863 g/mol. The molecule has 0 aromatic heterocycles. The third kappa shape index (κ3) is 52.6. The van der Waals surface area contributed by atoms with Gasteiger partial charge in [-0.25, -0.2) is 0 Å². The lowest BCUT2D eigenvalue weighted by Crippen LogP contribution is -2.44. The molecule has 2 atom stereocenters. The van der Waals surface area contributed by atoms with Crippen LogP contribution in [0.15, 0.2) is 60.8 Å². The second kappa shape index (κ2) is 51.3. The van der Waals surface area contributed by atoms with Crippen molar-refractivity contribution in [1.82, 2.24) is 0 Å². The highest BCUT2D eigenvalue weighted by Crippen LogP contribution is 2.16. The lowest BCUT2D eigenvalue weighted by molar-refractivity contribution is -0.870. The molecule has 69 heavy (non-hydrogen) atoms. The van der Waals surface area contributed by atoms with Crippen LogP contribution in [0.4, 0.5) is 0 Å². The summed E-state index contributed by atoms with van der Waals surface area (Å²) < 4.78 is 22.7. The van der Waals surface area contributed by atoms with Gasteiger partial charge in [0.15, 0.2) is 12.4 Å². The lowest BCUT2D eigenvalue weighted by Gasteiger charge is -2.26. The Morgan fingerprint density at radius 2 is 0.826 bits per heavy atom. The second-order valence-electron chi connectivity index (χ2n) is 20.2. The van der Waals surface area contributed by atoms with Crippen molar-refractivity contribution in [3.63, 3.8) is 0 Å². The van der Waals surface area contributed by atoms with E-state index in [4.69, 9.17) is 18.9 Å². The summed E-state index contributed by atoms with van der Waals surface area (Å²) in [4.78, 5) is 37.3. The molecule has 9 heteroatoms. The summed E-state index contributed by atoms with van der Waals surface area (Å²) in [5, 5.41) is 11.8. The maximum absolute atomic E-state index is 12.8. The summed E-state index contributed by atoms with van der Waals surface area (Å²) in [6, 6.07) is 0. The molecule has 0 radical (unpaired) electrons. The van der Waals surface area contributed by atoms with E-state index in [1.807, 2.05) is 21.1 Å². The van der Waals surface area contributed by atoms with Crippen molar-refractivity contribution in [3.8, 4) is 0 Å². The molecule has 0 aliphatic carbocycles. The van der Waals surface area contributed by atoms with Crippen LogP contribution in [0.5, 0.6) is 0 Å². The number of allylic oxidation sites excluding steroid dienone is 10. The van der Waals surface area contributed by atoms with Crippen molar-refractivity contribution in [1.29, 1.82) is 0 Å². The molecule has 2 unspecified atom stereocenters. The van der Waals surface area contributed by atoms with Gasteiger partial charge in [0, 0.05) is 12.8 Å². The van der Waals surface area contributed by atoms with Crippen molar-refractivity contribution in [2.45, 2.75) is 257 Å². The zero-order valence-electron chi connectivity index (χ0n) is 45.4. The highest BCUT2D eigenvalue weighted by Gasteiger charge is 2.22. The molecule has 0 rings (SSSR count). The summed E-state index contributed by atoms with van der Waals surface area (Å²) in [7, 11) is 5.92. The average Bonchev–Trinajstić information content (AvgIpc) is 3.31. The fourth-order valence-corrected chi connectivity index (χ4v) is 7.88. The molecule has 0 saturated carbocycles. The highest BCUT2D eigenvalue weighted by atomic mass is 16.7. The van der Waals surface area contributed by atoms with Crippen LogP contribution in [0.3, 0.4) is 0 Å². The van der Waals surface area contributed by atoms with Crippen LogP contribution >= 0.6 is 0 Å². The number of aliphatic carboxylic acids is 1. The van der Waals surface area contributed by atoms with Crippen LogP contribution in [0, 0.1) is 0 Å². The quantitative estimate of drug-likeness (QED) is 0.0195. The Hall–Kier alpha value is -3.01. The lowest BCUT2D eigenvalue weighted by atomic mass is 10.0. The Morgan fingerprint density at radius 3 is 1.25 bits per heavy atom. The summed E-state index contributed by atoms with van der Waals surface area (Å²) in [5.74, 6) is -2.29. The predicted molar refractivity (Wildman–Crippen MR) is 288 cm³/mol. The number of hydrogen-bond donors (Lipinski definition) is 0. The molecule has 0 spiro atoms. The number of carboxylic acids is 1. The number of carboxylic acid groups (broad SMARTS) is 1. The van der Waals surface area contributed by atoms with Crippen molar-refractivity contribution in [3.05, 3.63) is 60.8 Å². The van der Waals surface area contributed by atoms with Crippen LogP contribution in [0.25, 0.3) is 0 Å². The number of quaternary nitrogens is 1. The molecule has 0 bridgehead atoms. The van der Waals surface area contributed by atoms with Gasteiger partial charge in [0.25, 0.3) is 0 Å². The summed E-state index contributed by atoms with van der Waals surface area (Å²) in [6.45, 7) is 4.64. The van der Waals surface area contributed by atoms with Crippen LogP contribution in [-0.4, -0.2) is 82.3 Å². The normalized spacial score (nSPS) is 13.2. The van der Waals surface area contributed by atoms with E-state index in [9.17, 15) is 19.5 Å². The van der Waals surface area contributed by atoms with Gasteiger partial charge < -0.3 is 33.3 Å². The first-order valence-electron chi connectivity index (χ1n) is 28.4. The van der Waals surface area contributed by atoms with E-state index in [0.29, 0.717) is 17.4 Å². The Kier molecular flexibility index (Phi) is 49.1. The molecular formula is C60H107NO8. The first-order valence-corrected chi connectivity index (χ1v) is 28.4. The highest BCUT2D eigenvalue weighted by molar-refractivity contribution is 5.70. The van der Waals surface area contributed by atoms with E-state index >= 15 is 0 Å². The molecule has 0 amide bonds. The minimum absolute atomic E-state index is 0.144. The molecule has 0 aliphatic rings. The molecule has 9 nitrogen and oxygen atoms in total. The Bertz CT molecular complexity index is 1310. The number of likely N-dealkylation sites (N-methyl/N-ethyl adjacent to an activating group) is 1. The van der Waals surface area contributed by atoms with Crippen molar-refractivity contribution < 1.29 is 42.9 Å². The number of rotatable bonds is 52. The molecule has 0 fully saturated rings. The summed E-state index contributed by atoms with van der Waals surface area (Å²) >= 11 is 0. The summed E-state index contributed by atoms with van der Waals surface area (Å²) in [5.41, 5.74) is 0. The van der Waals surface area contributed by atoms with E-state index in [1.54, 1.807) is 0 Å². The zero-order valence-corrected chi connectivity index (χ0v) is 45.4. The largest absolute Gasteiger partial charge is 0.545 e. The molecule has 0 heterocycles. The maximum Gasteiger partial charge on any atom is 0.306 e. The topological polar surface area (TPSA) is 111 Å². The number of hydrogen-bond acceptors (Lipinski definition) is 8. The van der Waals surface area contributed by atoms with Crippen LogP contribution in [-0.2, 0) is 33.3 Å². The molecule has 0 saturated heterocycles. The smallest absolute Gasteiger partial charge is 0.306 e. The minimum Gasteiger partial charge on any atom is -0.545 e. The van der Waals surface area contributed by atoms with E-state index in [2.05, 4.69) is 74.6 Å². The van der Waals surface area contributed by atoms with Gasteiger partial charge in [0.1, 0.15) is 13.2 Å². The van der Waals surface area contributed by atoms with Gasteiger partial charge >= 0.3 is 11.9 Å². The Morgan fingerprint density at radius 1 is 0.449 bits per heavy atom. The minimum atomic E-state index is -1.63. The molecule has 0 N–H and O–H groups in total. The predicted octanol–water partition coefficient (Wildman–Crippen LogP) is 15.1. The van der Waals surface area contributed by atoms with Crippen molar-refractivity contribution in [2.75, 3.05) is 47.5 Å². The third-order valence-corrected chi connectivity index (χ3v) is 12.2. The second-order valence-corrected chi connectivity index (χ2v) is 20.2. The van der Waals surface area contributed by atoms with Crippen LogP contribution < -0.4 is 5.11 Å². The maximum atomic E-state index is 12.8. The van der Waals surface area contributed by atoms with Gasteiger partial charge in [-0.05, 0) is 77.0 Å². The van der Waals surface area contributed by atoms with E-state index < -0.39 is 24.3 Å². The van der Waals surface area contributed by atoms with Crippen LogP contribution in [0.2, 0.25) is 0 Å².